The van der Waals surface area contributed by atoms with Gasteiger partial charge in [-0.1, -0.05) is 36.4 Å². The molecule has 1 aromatic heterocycles. The molecule has 192 valence electrons. The summed E-state index contributed by atoms with van der Waals surface area (Å²) in [5.74, 6) is 1.09. The highest BCUT2D eigenvalue weighted by atomic mass is 32.2. The van der Waals surface area contributed by atoms with Gasteiger partial charge in [0, 0.05) is 37.2 Å². The number of carbonyl (C=O) groups is 1. The van der Waals surface area contributed by atoms with Gasteiger partial charge in [0.25, 0.3) is 10.2 Å². The SMILES string of the molecule is COC(=O)N1CCc2ccc3c(nc(C4CCN(S(N)(=O)=O)CC4)n3[C@@H](C)Cc3ccccc3)c2C1. The highest BCUT2D eigenvalue weighted by Gasteiger charge is 2.32. The molecule has 3 aromatic rings. The van der Waals surface area contributed by atoms with Crippen LogP contribution in [0.3, 0.4) is 0 Å². The minimum Gasteiger partial charge on any atom is -0.453 e. The van der Waals surface area contributed by atoms with Crippen LogP contribution in [0.1, 0.15) is 54.2 Å². The number of nitrogens with zero attached hydrogens (tertiary/aromatic N) is 4. The zero-order valence-corrected chi connectivity index (χ0v) is 21.6. The summed E-state index contributed by atoms with van der Waals surface area (Å²) in [6, 6.07) is 14.8. The van der Waals surface area contributed by atoms with E-state index in [0.717, 1.165) is 35.3 Å². The van der Waals surface area contributed by atoms with Gasteiger partial charge in [-0.25, -0.2) is 14.9 Å². The van der Waals surface area contributed by atoms with Gasteiger partial charge in [0.2, 0.25) is 0 Å². The Kier molecular flexibility index (Phi) is 6.76. The number of piperidine rings is 1. The predicted octanol–water partition coefficient (Wildman–Crippen LogP) is 3.35. The number of imidazole rings is 1. The fourth-order valence-corrected chi connectivity index (χ4v) is 6.38. The van der Waals surface area contributed by atoms with Crippen molar-refractivity contribution >= 4 is 27.3 Å². The van der Waals surface area contributed by atoms with E-state index >= 15 is 0 Å². The lowest BCUT2D eigenvalue weighted by Crippen LogP contribution is -2.42. The van der Waals surface area contributed by atoms with Gasteiger partial charge in [0.15, 0.2) is 0 Å². The van der Waals surface area contributed by atoms with Gasteiger partial charge in [-0.3, -0.25) is 0 Å². The number of aromatic nitrogens is 2. The molecule has 10 heteroatoms. The summed E-state index contributed by atoms with van der Waals surface area (Å²) in [6.45, 7) is 4.06. The Morgan fingerprint density at radius 3 is 2.53 bits per heavy atom. The Hall–Kier alpha value is -2.95. The number of nitrogens with two attached hydrogens (primary N) is 1. The number of ether oxygens (including phenoxy) is 1. The number of amides is 1. The molecular formula is C26H33N5O4S. The van der Waals surface area contributed by atoms with Crippen molar-refractivity contribution in [3.63, 3.8) is 0 Å². The number of benzene rings is 2. The molecule has 0 unspecified atom stereocenters. The van der Waals surface area contributed by atoms with E-state index in [1.807, 2.05) is 6.07 Å². The third-order valence-electron chi connectivity index (χ3n) is 7.52. The van der Waals surface area contributed by atoms with Crippen LogP contribution in [0.2, 0.25) is 0 Å². The molecule has 9 nitrogen and oxygen atoms in total. The van der Waals surface area contributed by atoms with E-state index in [2.05, 4.69) is 47.9 Å². The number of rotatable bonds is 5. The molecule has 0 aliphatic carbocycles. The third kappa shape index (κ3) is 4.72. The first-order valence-electron chi connectivity index (χ1n) is 12.4. The average molecular weight is 512 g/mol. The van der Waals surface area contributed by atoms with Crippen molar-refractivity contribution in [3.05, 3.63) is 65.0 Å². The molecule has 1 saturated heterocycles. The molecule has 1 amide bonds. The van der Waals surface area contributed by atoms with Crippen molar-refractivity contribution < 1.29 is 17.9 Å². The van der Waals surface area contributed by atoms with E-state index < -0.39 is 10.2 Å². The lowest BCUT2D eigenvalue weighted by atomic mass is 9.96. The monoisotopic (exact) mass is 511 g/mol. The van der Waals surface area contributed by atoms with Crippen LogP contribution in [-0.4, -0.2) is 60.0 Å². The summed E-state index contributed by atoms with van der Waals surface area (Å²) in [6.07, 6.45) is 2.60. The lowest BCUT2D eigenvalue weighted by molar-refractivity contribution is 0.119. The van der Waals surface area contributed by atoms with Crippen molar-refractivity contribution in [2.45, 2.75) is 51.1 Å². The summed E-state index contributed by atoms with van der Waals surface area (Å²) in [5.41, 5.74) is 5.49. The third-order valence-corrected chi connectivity index (χ3v) is 8.60. The summed E-state index contributed by atoms with van der Waals surface area (Å²) in [5, 5.41) is 5.38. The highest BCUT2D eigenvalue weighted by molar-refractivity contribution is 7.86. The fraction of sp³-hybridized carbons (Fsp3) is 0.462. The Labute approximate surface area is 212 Å². The van der Waals surface area contributed by atoms with Gasteiger partial charge in [-0.2, -0.15) is 12.7 Å². The van der Waals surface area contributed by atoms with Crippen molar-refractivity contribution in [1.82, 2.24) is 18.8 Å². The first kappa shape index (κ1) is 24.7. The second-order valence-corrected chi connectivity index (χ2v) is 11.4. The Morgan fingerprint density at radius 2 is 1.86 bits per heavy atom. The number of hydrogen-bond acceptors (Lipinski definition) is 5. The van der Waals surface area contributed by atoms with Gasteiger partial charge in [0.05, 0.1) is 24.7 Å². The molecule has 0 spiro atoms. The molecule has 2 aliphatic heterocycles. The summed E-state index contributed by atoms with van der Waals surface area (Å²) in [4.78, 5) is 19.2. The van der Waals surface area contributed by atoms with E-state index in [0.29, 0.717) is 39.0 Å². The van der Waals surface area contributed by atoms with Crippen LogP contribution in [0.25, 0.3) is 11.0 Å². The smallest absolute Gasteiger partial charge is 0.409 e. The summed E-state index contributed by atoms with van der Waals surface area (Å²) < 4.78 is 32.4. The normalized spacial score (nSPS) is 18.2. The molecule has 0 radical (unpaired) electrons. The molecule has 2 aliphatic rings. The largest absolute Gasteiger partial charge is 0.453 e. The molecule has 0 bridgehead atoms. The zero-order chi connectivity index (χ0) is 25.4. The molecule has 2 N–H and O–H groups in total. The number of fused-ring (bicyclic) bond motifs is 3. The Bertz CT molecular complexity index is 1360. The molecule has 1 fully saturated rings. The van der Waals surface area contributed by atoms with Crippen LogP contribution < -0.4 is 5.14 Å². The number of hydrogen-bond donors (Lipinski definition) is 1. The lowest BCUT2D eigenvalue weighted by Gasteiger charge is -2.30. The van der Waals surface area contributed by atoms with Crippen molar-refractivity contribution in [3.8, 4) is 0 Å². The summed E-state index contributed by atoms with van der Waals surface area (Å²) >= 11 is 0. The summed E-state index contributed by atoms with van der Waals surface area (Å²) in [7, 11) is -2.29. The zero-order valence-electron chi connectivity index (χ0n) is 20.8. The number of methoxy groups -OCH3 is 1. The van der Waals surface area contributed by atoms with Crippen LogP contribution in [0, 0.1) is 0 Å². The van der Waals surface area contributed by atoms with Gasteiger partial charge in [-0.05, 0) is 49.8 Å². The second-order valence-electron chi connectivity index (χ2n) is 9.81. The van der Waals surface area contributed by atoms with Crippen LogP contribution >= 0.6 is 0 Å². The maximum absolute atomic E-state index is 12.3. The standard InChI is InChI=1S/C26H33N5O4S/c1-18(16-19-6-4-3-5-7-19)31-23-9-8-20-10-13-29(26(32)35-2)17-22(20)24(23)28-25(31)21-11-14-30(15-12-21)36(27,33)34/h3-9,18,21H,10-17H2,1-2H3,(H2,27,33,34)/t18-/m0/s1. The highest BCUT2D eigenvalue weighted by Crippen LogP contribution is 2.36. The quantitative estimate of drug-likeness (QED) is 0.565. The molecule has 1 atom stereocenters. The van der Waals surface area contributed by atoms with E-state index in [1.165, 1.54) is 22.5 Å². The molecule has 3 heterocycles. The molecule has 0 saturated carbocycles. The molecule has 5 rings (SSSR count). The van der Waals surface area contributed by atoms with E-state index in [-0.39, 0.29) is 18.1 Å². The van der Waals surface area contributed by atoms with Gasteiger partial charge < -0.3 is 14.2 Å². The van der Waals surface area contributed by atoms with E-state index in [4.69, 9.17) is 14.9 Å². The Morgan fingerprint density at radius 1 is 1.14 bits per heavy atom. The van der Waals surface area contributed by atoms with Crippen molar-refractivity contribution in [2.75, 3.05) is 26.7 Å². The number of carbonyl (C=O) groups excluding carboxylic acids is 1. The van der Waals surface area contributed by atoms with Gasteiger partial charge >= 0.3 is 6.09 Å². The maximum Gasteiger partial charge on any atom is 0.409 e. The van der Waals surface area contributed by atoms with E-state index in [1.54, 1.807) is 4.90 Å². The van der Waals surface area contributed by atoms with Crippen LogP contribution in [-0.2, 0) is 34.3 Å². The minimum absolute atomic E-state index is 0.115. The van der Waals surface area contributed by atoms with Crippen LogP contribution in [0.4, 0.5) is 4.79 Å². The van der Waals surface area contributed by atoms with Gasteiger partial charge in [-0.15, -0.1) is 0 Å². The van der Waals surface area contributed by atoms with Crippen LogP contribution in [0.15, 0.2) is 42.5 Å². The maximum atomic E-state index is 12.3. The van der Waals surface area contributed by atoms with Gasteiger partial charge in [0.1, 0.15) is 5.82 Å². The first-order chi connectivity index (χ1) is 17.3. The van der Waals surface area contributed by atoms with Crippen LogP contribution in [0.5, 0.6) is 0 Å². The van der Waals surface area contributed by atoms with Crippen molar-refractivity contribution in [2.24, 2.45) is 5.14 Å². The molecule has 2 aromatic carbocycles. The first-order valence-corrected chi connectivity index (χ1v) is 13.9. The Balaban J connectivity index is 1.56. The second kappa shape index (κ2) is 9.84. The topological polar surface area (TPSA) is 111 Å². The average Bonchev–Trinajstić information content (AvgIpc) is 3.28. The molecular weight excluding hydrogens is 478 g/mol. The predicted molar refractivity (Wildman–Crippen MR) is 138 cm³/mol. The molecule has 36 heavy (non-hydrogen) atoms. The van der Waals surface area contributed by atoms with E-state index in [9.17, 15) is 13.2 Å². The van der Waals surface area contributed by atoms with Crippen molar-refractivity contribution in [1.29, 1.82) is 0 Å². The fourth-order valence-electron chi connectivity index (χ4n) is 5.66. The minimum atomic E-state index is -3.70.